The Morgan fingerprint density at radius 2 is 2.14 bits per heavy atom. The van der Waals surface area contributed by atoms with E-state index in [9.17, 15) is 0 Å². The van der Waals surface area contributed by atoms with Crippen molar-refractivity contribution < 1.29 is 0 Å². The van der Waals surface area contributed by atoms with Gasteiger partial charge in [0.25, 0.3) is 0 Å². The van der Waals surface area contributed by atoms with Gasteiger partial charge in [0, 0.05) is 12.2 Å². The van der Waals surface area contributed by atoms with E-state index in [1.165, 1.54) is 24.9 Å². The smallest absolute Gasteiger partial charge is 0.0606 e. The molecule has 1 N–H and O–H groups in total. The average molecular weight is 190 g/mol. The minimum Gasteiger partial charge on any atom is -0.383 e. The Balaban J connectivity index is 1.94. The van der Waals surface area contributed by atoms with Crippen LogP contribution in [0.5, 0.6) is 0 Å². The lowest BCUT2D eigenvalue weighted by molar-refractivity contribution is 0.333. The molecular weight excluding hydrogens is 172 g/mol. The van der Waals surface area contributed by atoms with Gasteiger partial charge in [-0.15, -0.1) is 0 Å². The van der Waals surface area contributed by atoms with E-state index in [1.807, 2.05) is 6.92 Å². The molecule has 1 aromatic rings. The summed E-state index contributed by atoms with van der Waals surface area (Å²) in [6.07, 6.45) is 4.20. The van der Waals surface area contributed by atoms with Crippen molar-refractivity contribution in [2.45, 2.75) is 33.1 Å². The number of aromatic nitrogens is 1. The zero-order valence-electron chi connectivity index (χ0n) is 9.01. The number of aryl methyl sites for hydroxylation is 2. The van der Waals surface area contributed by atoms with Crippen molar-refractivity contribution in [1.82, 2.24) is 4.98 Å². The largest absolute Gasteiger partial charge is 0.383 e. The number of nitrogens with one attached hydrogen (secondary N) is 1. The van der Waals surface area contributed by atoms with Crippen molar-refractivity contribution in [2.75, 3.05) is 11.9 Å². The van der Waals surface area contributed by atoms with E-state index < -0.39 is 0 Å². The van der Waals surface area contributed by atoms with Gasteiger partial charge in [0.1, 0.15) is 0 Å². The van der Waals surface area contributed by atoms with Crippen LogP contribution in [0.15, 0.2) is 12.1 Å². The molecule has 1 aromatic heterocycles. The van der Waals surface area contributed by atoms with Gasteiger partial charge in [-0.1, -0.05) is 6.42 Å². The summed E-state index contributed by atoms with van der Waals surface area (Å²) in [5, 5.41) is 3.48. The van der Waals surface area contributed by atoms with E-state index in [0.717, 1.165) is 23.9 Å². The second-order valence-corrected chi connectivity index (χ2v) is 4.26. The van der Waals surface area contributed by atoms with Gasteiger partial charge in [0.2, 0.25) is 0 Å². The van der Waals surface area contributed by atoms with Crippen LogP contribution in [0.4, 0.5) is 5.69 Å². The van der Waals surface area contributed by atoms with Crippen LogP contribution in [0.2, 0.25) is 0 Å². The van der Waals surface area contributed by atoms with E-state index in [2.05, 4.69) is 29.4 Å². The van der Waals surface area contributed by atoms with Crippen molar-refractivity contribution in [2.24, 2.45) is 5.92 Å². The molecule has 0 spiro atoms. The van der Waals surface area contributed by atoms with Crippen LogP contribution in [0.25, 0.3) is 0 Å². The van der Waals surface area contributed by atoms with Gasteiger partial charge < -0.3 is 5.32 Å². The molecule has 0 amide bonds. The second-order valence-electron chi connectivity index (χ2n) is 4.26. The molecule has 1 heterocycles. The highest BCUT2D eigenvalue weighted by atomic mass is 14.9. The first-order valence-corrected chi connectivity index (χ1v) is 5.44. The summed E-state index contributed by atoms with van der Waals surface area (Å²) in [5.41, 5.74) is 3.41. The van der Waals surface area contributed by atoms with E-state index in [0.29, 0.717) is 0 Å². The Morgan fingerprint density at radius 1 is 1.36 bits per heavy atom. The minimum absolute atomic E-state index is 0.899. The SMILES string of the molecule is Cc1ccc(NCC2CCC2)c(C)n1. The van der Waals surface area contributed by atoms with Gasteiger partial charge in [0.15, 0.2) is 0 Å². The van der Waals surface area contributed by atoms with E-state index in [4.69, 9.17) is 0 Å². The summed E-state index contributed by atoms with van der Waals surface area (Å²) in [4.78, 5) is 4.43. The zero-order valence-corrected chi connectivity index (χ0v) is 9.01. The maximum atomic E-state index is 4.43. The van der Waals surface area contributed by atoms with E-state index in [-0.39, 0.29) is 0 Å². The summed E-state index contributed by atoms with van der Waals surface area (Å²) in [5.74, 6) is 0.899. The van der Waals surface area contributed by atoms with Gasteiger partial charge in [-0.25, -0.2) is 0 Å². The van der Waals surface area contributed by atoms with Crippen LogP contribution in [0, 0.1) is 19.8 Å². The third-order valence-corrected chi connectivity index (χ3v) is 3.03. The average Bonchev–Trinajstić information content (AvgIpc) is 2.05. The molecule has 2 heteroatoms. The number of pyridine rings is 1. The first kappa shape index (κ1) is 9.50. The molecular formula is C12H18N2. The van der Waals surface area contributed by atoms with Crippen molar-refractivity contribution in [3.8, 4) is 0 Å². The monoisotopic (exact) mass is 190 g/mol. The number of rotatable bonds is 3. The molecule has 0 aromatic carbocycles. The van der Waals surface area contributed by atoms with Crippen molar-refractivity contribution >= 4 is 5.69 Å². The van der Waals surface area contributed by atoms with Crippen LogP contribution in [-0.4, -0.2) is 11.5 Å². The third kappa shape index (κ3) is 2.06. The van der Waals surface area contributed by atoms with Gasteiger partial charge in [-0.3, -0.25) is 4.98 Å². The van der Waals surface area contributed by atoms with E-state index >= 15 is 0 Å². The molecule has 14 heavy (non-hydrogen) atoms. The van der Waals surface area contributed by atoms with Gasteiger partial charge in [-0.2, -0.15) is 0 Å². The van der Waals surface area contributed by atoms with Crippen LogP contribution < -0.4 is 5.32 Å². The molecule has 0 bridgehead atoms. The molecule has 1 fully saturated rings. The van der Waals surface area contributed by atoms with Crippen molar-refractivity contribution in [3.63, 3.8) is 0 Å². The van der Waals surface area contributed by atoms with E-state index in [1.54, 1.807) is 0 Å². The lowest BCUT2D eigenvalue weighted by Gasteiger charge is -2.26. The number of nitrogens with zero attached hydrogens (tertiary/aromatic N) is 1. The van der Waals surface area contributed by atoms with Crippen molar-refractivity contribution in [3.05, 3.63) is 23.5 Å². The normalized spacial score (nSPS) is 16.4. The van der Waals surface area contributed by atoms with Crippen LogP contribution in [-0.2, 0) is 0 Å². The quantitative estimate of drug-likeness (QED) is 0.792. The number of hydrogen-bond acceptors (Lipinski definition) is 2. The fraction of sp³-hybridized carbons (Fsp3) is 0.583. The minimum atomic E-state index is 0.899. The lowest BCUT2D eigenvalue weighted by atomic mass is 9.85. The van der Waals surface area contributed by atoms with Gasteiger partial charge in [-0.05, 0) is 44.7 Å². The first-order valence-electron chi connectivity index (χ1n) is 5.44. The Labute approximate surface area is 85.7 Å². The summed E-state index contributed by atoms with van der Waals surface area (Å²) < 4.78 is 0. The Hall–Kier alpha value is -1.05. The van der Waals surface area contributed by atoms with Gasteiger partial charge >= 0.3 is 0 Å². The molecule has 0 aliphatic heterocycles. The molecule has 76 valence electrons. The molecule has 1 saturated carbocycles. The topological polar surface area (TPSA) is 24.9 Å². The maximum absolute atomic E-state index is 4.43. The Kier molecular flexibility index (Phi) is 2.71. The summed E-state index contributed by atoms with van der Waals surface area (Å²) >= 11 is 0. The fourth-order valence-electron chi connectivity index (χ4n) is 1.82. The first-order chi connectivity index (χ1) is 6.75. The number of hydrogen-bond donors (Lipinski definition) is 1. The molecule has 1 aliphatic carbocycles. The standard InChI is InChI=1S/C12H18N2/c1-9-6-7-12(10(2)14-9)13-8-11-4-3-5-11/h6-7,11,13H,3-5,8H2,1-2H3. The molecule has 2 rings (SSSR count). The summed E-state index contributed by atoms with van der Waals surface area (Å²) in [6, 6.07) is 4.20. The van der Waals surface area contributed by atoms with Crippen LogP contribution >= 0.6 is 0 Å². The maximum Gasteiger partial charge on any atom is 0.0606 e. The Bertz CT molecular complexity index is 316. The van der Waals surface area contributed by atoms with Crippen LogP contribution in [0.1, 0.15) is 30.7 Å². The summed E-state index contributed by atoms with van der Waals surface area (Å²) in [6.45, 7) is 5.21. The second kappa shape index (κ2) is 3.99. The highest BCUT2D eigenvalue weighted by molar-refractivity contribution is 5.47. The van der Waals surface area contributed by atoms with Crippen LogP contribution in [0.3, 0.4) is 0 Å². The zero-order chi connectivity index (χ0) is 9.97. The Morgan fingerprint density at radius 3 is 2.71 bits per heavy atom. The third-order valence-electron chi connectivity index (χ3n) is 3.03. The fourth-order valence-corrected chi connectivity index (χ4v) is 1.82. The summed E-state index contributed by atoms with van der Waals surface area (Å²) in [7, 11) is 0. The highest BCUT2D eigenvalue weighted by Gasteiger charge is 2.16. The molecule has 2 nitrogen and oxygen atoms in total. The molecule has 0 unspecified atom stereocenters. The molecule has 0 saturated heterocycles. The molecule has 1 aliphatic rings. The highest BCUT2D eigenvalue weighted by Crippen LogP contribution is 2.26. The molecule has 0 radical (unpaired) electrons. The number of anilines is 1. The van der Waals surface area contributed by atoms with Crippen molar-refractivity contribution in [1.29, 1.82) is 0 Å². The lowest BCUT2D eigenvalue weighted by Crippen LogP contribution is -2.21. The molecule has 0 atom stereocenters. The van der Waals surface area contributed by atoms with Gasteiger partial charge in [0.05, 0.1) is 11.4 Å². The predicted molar refractivity (Wildman–Crippen MR) is 59.5 cm³/mol. The predicted octanol–water partition coefficient (Wildman–Crippen LogP) is 2.91.